The maximum absolute atomic E-state index is 12.0. The average molecular weight is 474 g/mol. The minimum atomic E-state index is -3.54. The molecule has 134 valence electrons. The van der Waals surface area contributed by atoms with E-state index < -0.39 is 10.0 Å². The van der Waals surface area contributed by atoms with Gasteiger partial charge in [0.05, 0.1) is 4.90 Å². The second-order valence-electron chi connectivity index (χ2n) is 5.59. The van der Waals surface area contributed by atoms with Crippen molar-refractivity contribution in [3.63, 3.8) is 0 Å². The second-order valence-corrected chi connectivity index (χ2v) is 8.55. The highest BCUT2D eigenvalue weighted by Gasteiger charge is 2.15. The molecule has 2 N–H and O–H groups in total. The Hall–Kier alpha value is -1.65. The Balaban J connectivity index is 1.91. The SMILES string of the molecule is CC(C)NS(=O)(=O)c1ccc(OCC(=O)Nc2ccc(I)cc2)cc1. The third-order valence-corrected chi connectivity index (χ3v) is 5.42. The van der Waals surface area contributed by atoms with Crippen molar-refractivity contribution < 1.29 is 17.9 Å². The normalized spacial score (nSPS) is 11.4. The van der Waals surface area contributed by atoms with E-state index in [2.05, 4.69) is 32.6 Å². The van der Waals surface area contributed by atoms with Gasteiger partial charge in [-0.1, -0.05) is 0 Å². The van der Waals surface area contributed by atoms with Crippen molar-refractivity contribution in [2.75, 3.05) is 11.9 Å². The molecule has 0 saturated carbocycles. The third-order valence-electron chi connectivity index (χ3n) is 3.02. The van der Waals surface area contributed by atoms with Gasteiger partial charge in [-0.2, -0.15) is 0 Å². The van der Waals surface area contributed by atoms with E-state index in [1.54, 1.807) is 26.0 Å². The Kier molecular flexibility index (Phi) is 6.79. The van der Waals surface area contributed by atoms with Crippen molar-refractivity contribution >= 4 is 44.2 Å². The zero-order valence-electron chi connectivity index (χ0n) is 13.8. The molecular formula is C17H19IN2O4S. The molecule has 0 unspecified atom stereocenters. The van der Waals surface area contributed by atoms with Crippen LogP contribution in [0.3, 0.4) is 0 Å². The van der Waals surface area contributed by atoms with Crippen LogP contribution in [-0.4, -0.2) is 27.0 Å². The first-order valence-electron chi connectivity index (χ1n) is 7.57. The number of ether oxygens (including phenoxy) is 1. The highest BCUT2D eigenvalue weighted by molar-refractivity contribution is 14.1. The number of carbonyl (C=O) groups is 1. The lowest BCUT2D eigenvalue weighted by Gasteiger charge is -2.11. The Morgan fingerprint density at radius 3 is 2.24 bits per heavy atom. The summed E-state index contributed by atoms with van der Waals surface area (Å²) in [5.74, 6) is 0.126. The van der Waals surface area contributed by atoms with Crippen molar-refractivity contribution in [3.8, 4) is 5.75 Å². The minimum Gasteiger partial charge on any atom is -0.484 e. The maximum Gasteiger partial charge on any atom is 0.262 e. The van der Waals surface area contributed by atoms with Crippen LogP contribution < -0.4 is 14.8 Å². The van der Waals surface area contributed by atoms with Crippen LogP contribution in [0.2, 0.25) is 0 Å². The standard InChI is InChI=1S/C17H19IN2O4S/c1-12(2)20-25(22,23)16-9-7-15(8-10-16)24-11-17(21)19-14-5-3-13(18)4-6-14/h3-10,12,20H,11H2,1-2H3,(H,19,21). The first kappa shape index (κ1) is 19.7. The molecule has 0 spiro atoms. The van der Waals surface area contributed by atoms with Gasteiger partial charge in [0, 0.05) is 15.3 Å². The molecule has 0 atom stereocenters. The third kappa shape index (κ3) is 6.29. The molecule has 0 saturated heterocycles. The number of nitrogens with one attached hydrogen (secondary N) is 2. The summed E-state index contributed by atoms with van der Waals surface area (Å²) in [5, 5.41) is 2.72. The zero-order chi connectivity index (χ0) is 18.4. The second kappa shape index (κ2) is 8.63. The lowest BCUT2D eigenvalue weighted by molar-refractivity contribution is -0.118. The Labute approximate surface area is 161 Å². The molecule has 1 amide bonds. The van der Waals surface area contributed by atoms with E-state index in [0.717, 1.165) is 3.57 Å². The highest BCUT2D eigenvalue weighted by atomic mass is 127. The van der Waals surface area contributed by atoms with Gasteiger partial charge in [0.1, 0.15) is 5.75 Å². The summed E-state index contributed by atoms with van der Waals surface area (Å²) in [7, 11) is -3.54. The number of benzene rings is 2. The van der Waals surface area contributed by atoms with Crippen LogP contribution in [0.1, 0.15) is 13.8 Å². The molecule has 0 aliphatic carbocycles. The van der Waals surface area contributed by atoms with Crippen molar-refractivity contribution in [3.05, 3.63) is 52.1 Å². The maximum atomic E-state index is 12.0. The number of hydrogen-bond donors (Lipinski definition) is 2. The van der Waals surface area contributed by atoms with Crippen LogP contribution in [0, 0.1) is 3.57 Å². The van der Waals surface area contributed by atoms with Crippen LogP contribution in [0.15, 0.2) is 53.4 Å². The van der Waals surface area contributed by atoms with E-state index in [9.17, 15) is 13.2 Å². The van der Waals surface area contributed by atoms with Gasteiger partial charge in [0.25, 0.3) is 5.91 Å². The van der Waals surface area contributed by atoms with Crippen LogP contribution in [0.4, 0.5) is 5.69 Å². The van der Waals surface area contributed by atoms with Crippen LogP contribution >= 0.6 is 22.6 Å². The van der Waals surface area contributed by atoms with E-state index in [-0.39, 0.29) is 23.5 Å². The highest BCUT2D eigenvalue weighted by Crippen LogP contribution is 2.16. The molecule has 0 aliphatic heterocycles. The molecule has 0 aliphatic rings. The summed E-state index contributed by atoms with van der Waals surface area (Å²) < 4.78 is 33.0. The largest absolute Gasteiger partial charge is 0.484 e. The molecule has 8 heteroatoms. The molecule has 2 aromatic carbocycles. The van der Waals surface area contributed by atoms with E-state index in [4.69, 9.17) is 4.74 Å². The molecule has 25 heavy (non-hydrogen) atoms. The fourth-order valence-corrected chi connectivity index (χ4v) is 3.58. The molecule has 2 rings (SSSR count). The van der Waals surface area contributed by atoms with Gasteiger partial charge in [-0.15, -0.1) is 0 Å². The van der Waals surface area contributed by atoms with Crippen LogP contribution in [-0.2, 0) is 14.8 Å². The molecular weight excluding hydrogens is 455 g/mol. The fourth-order valence-electron chi connectivity index (χ4n) is 1.97. The molecule has 0 bridgehead atoms. The monoisotopic (exact) mass is 474 g/mol. The topological polar surface area (TPSA) is 84.5 Å². The molecule has 0 radical (unpaired) electrons. The summed E-state index contributed by atoms with van der Waals surface area (Å²) in [6.07, 6.45) is 0. The quantitative estimate of drug-likeness (QED) is 0.605. The van der Waals surface area contributed by atoms with Gasteiger partial charge >= 0.3 is 0 Å². The summed E-state index contributed by atoms with van der Waals surface area (Å²) in [6, 6.07) is 13.1. The lowest BCUT2D eigenvalue weighted by atomic mass is 10.3. The van der Waals surface area contributed by atoms with Gasteiger partial charge in [-0.05, 0) is 85.0 Å². The van der Waals surface area contributed by atoms with Gasteiger partial charge < -0.3 is 10.1 Å². The Bertz CT molecular complexity index is 819. The molecule has 0 fully saturated rings. The van der Waals surface area contributed by atoms with Crippen molar-refractivity contribution in [1.82, 2.24) is 4.72 Å². The zero-order valence-corrected chi connectivity index (χ0v) is 16.8. The van der Waals surface area contributed by atoms with Crippen molar-refractivity contribution in [1.29, 1.82) is 0 Å². The number of rotatable bonds is 7. The summed E-state index contributed by atoms with van der Waals surface area (Å²) in [5.41, 5.74) is 0.690. The summed E-state index contributed by atoms with van der Waals surface area (Å²) >= 11 is 2.18. The van der Waals surface area contributed by atoms with Gasteiger partial charge in [-0.25, -0.2) is 13.1 Å². The lowest BCUT2D eigenvalue weighted by Crippen LogP contribution is -2.30. The van der Waals surface area contributed by atoms with Crippen LogP contribution in [0.5, 0.6) is 5.75 Å². The van der Waals surface area contributed by atoms with Gasteiger partial charge in [0.2, 0.25) is 10.0 Å². The van der Waals surface area contributed by atoms with Gasteiger partial charge in [0.15, 0.2) is 6.61 Å². The first-order valence-corrected chi connectivity index (χ1v) is 10.1. The van der Waals surface area contributed by atoms with E-state index in [0.29, 0.717) is 11.4 Å². The fraction of sp³-hybridized carbons (Fsp3) is 0.235. The minimum absolute atomic E-state index is 0.150. The van der Waals surface area contributed by atoms with E-state index in [1.165, 1.54) is 24.3 Å². The van der Waals surface area contributed by atoms with Crippen molar-refractivity contribution in [2.24, 2.45) is 0 Å². The number of carbonyl (C=O) groups excluding carboxylic acids is 1. The molecule has 0 aromatic heterocycles. The van der Waals surface area contributed by atoms with Crippen molar-refractivity contribution in [2.45, 2.75) is 24.8 Å². The summed E-state index contributed by atoms with van der Waals surface area (Å²) in [6.45, 7) is 3.34. The smallest absolute Gasteiger partial charge is 0.262 e. The first-order chi connectivity index (χ1) is 11.8. The number of anilines is 1. The molecule has 2 aromatic rings. The number of amides is 1. The number of halogens is 1. The Morgan fingerprint density at radius 2 is 1.68 bits per heavy atom. The van der Waals surface area contributed by atoms with E-state index >= 15 is 0 Å². The molecule has 6 nitrogen and oxygen atoms in total. The predicted octanol–water partition coefficient (Wildman–Crippen LogP) is 3.00. The predicted molar refractivity (Wildman–Crippen MR) is 105 cm³/mol. The number of sulfonamides is 1. The summed E-state index contributed by atoms with van der Waals surface area (Å²) in [4.78, 5) is 12.0. The van der Waals surface area contributed by atoms with Gasteiger partial charge in [-0.3, -0.25) is 4.79 Å². The molecule has 0 heterocycles. The Morgan fingerprint density at radius 1 is 1.08 bits per heavy atom. The number of hydrogen-bond acceptors (Lipinski definition) is 4. The average Bonchev–Trinajstić information content (AvgIpc) is 2.54. The van der Waals surface area contributed by atoms with E-state index in [1.807, 2.05) is 12.1 Å². The van der Waals surface area contributed by atoms with Crippen LogP contribution in [0.25, 0.3) is 0 Å².